The van der Waals surface area contributed by atoms with Crippen LogP contribution in [-0.2, 0) is 20.0 Å². The Labute approximate surface area is 161 Å². The first-order chi connectivity index (χ1) is 12.7. The summed E-state index contributed by atoms with van der Waals surface area (Å²) >= 11 is 0. The van der Waals surface area contributed by atoms with Crippen molar-refractivity contribution in [2.24, 2.45) is 5.92 Å². The highest BCUT2D eigenvalue weighted by molar-refractivity contribution is 7.90. The Morgan fingerprint density at radius 1 is 1.07 bits per heavy atom. The molecule has 0 amide bonds. The van der Waals surface area contributed by atoms with E-state index in [2.05, 4.69) is 10.8 Å². The molecule has 0 bridgehead atoms. The summed E-state index contributed by atoms with van der Waals surface area (Å²) in [6.45, 7) is 5.34. The standard InChI is InChI=1S/C17H26N4O4S2/c1-15(2)17(14-18)20-9-11-21(12-10-20)26(22,23)13-8-19-27(24,25)16-6-4-3-5-7-16/h3-7,15,17,19H,8-13H2,1-2H3. The minimum atomic E-state index is -3.72. The van der Waals surface area contributed by atoms with Gasteiger partial charge in [0.05, 0.1) is 16.7 Å². The third-order valence-electron chi connectivity index (χ3n) is 4.53. The number of piperazine rings is 1. The van der Waals surface area contributed by atoms with Gasteiger partial charge in [-0.05, 0) is 18.1 Å². The van der Waals surface area contributed by atoms with E-state index < -0.39 is 20.0 Å². The number of hydrogen-bond donors (Lipinski definition) is 1. The predicted molar refractivity (Wildman–Crippen MR) is 103 cm³/mol. The van der Waals surface area contributed by atoms with Gasteiger partial charge in [-0.3, -0.25) is 4.90 Å². The van der Waals surface area contributed by atoms with Crippen LogP contribution in [0.15, 0.2) is 35.2 Å². The molecule has 0 spiro atoms. The van der Waals surface area contributed by atoms with Crippen molar-refractivity contribution < 1.29 is 16.8 Å². The van der Waals surface area contributed by atoms with Crippen LogP contribution in [0.2, 0.25) is 0 Å². The molecule has 1 heterocycles. The van der Waals surface area contributed by atoms with Crippen molar-refractivity contribution in [1.82, 2.24) is 13.9 Å². The van der Waals surface area contributed by atoms with Gasteiger partial charge < -0.3 is 0 Å². The Bertz CT molecular complexity index is 856. The monoisotopic (exact) mass is 414 g/mol. The fourth-order valence-corrected chi connectivity index (χ4v) is 5.55. The second kappa shape index (κ2) is 9.12. The fourth-order valence-electron chi connectivity index (χ4n) is 3.03. The molecule has 2 rings (SSSR count). The Kier molecular flexibility index (Phi) is 7.36. The molecule has 1 aliphatic rings. The molecule has 150 valence electrons. The lowest BCUT2D eigenvalue weighted by Gasteiger charge is -2.37. The van der Waals surface area contributed by atoms with Gasteiger partial charge in [-0.1, -0.05) is 32.0 Å². The third-order valence-corrected chi connectivity index (χ3v) is 7.88. The van der Waals surface area contributed by atoms with Gasteiger partial charge in [0.25, 0.3) is 0 Å². The quantitative estimate of drug-likeness (QED) is 0.662. The number of nitriles is 1. The number of hydrogen-bond acceptors (Lipinski definition) is 6. The summed E-state index contributed by atoms with van der Waals surface area (Å²) in [5, 5.41) is 9.27. The number of benzene rings is 1. The minimum Gasteiger partial charge on any atom is -0.285 e. The lowest BCUT2D eigenvalue weighted by atomic mass is 10.0. The Morgan fingerprint density at radius 3 is 2.19 bits per heavy atom. The second-order valence-corrected chi connectivity index (χ2v) is 10.6. The molecule has 10 heteroatoms. The summed E-state index contributed by atoms with van der Waals surface area (Å²) in [4.78, 5) is 2.10. The van der Waals surface area contributed by atoms with Crippen molar-refractivity contribution in [3.05, 3.63) is 30.3 Å². The van der Waals surface area contributed by atoms with Crippen LogP contribution in [0.3, 0.4) is 0 Å². The maximum Gasteiger partial charge on any atom is 0.240 e. The Morgan fingerprint density at radius 2 is 1.67 bits per heavy atom. The second-order valence-electron chi connectivity index (χ2n) is 6.78. The van der Waals surface area contributed by atoms with Crippen LogP contribution in [0.1, 0.15) is 13.8 Å². The smallest absolute Gasteiger partial charge is 0.240 e. The van der Waals surface area contributed by atoms with Crippen molar-refractivity contribution >= 4 is 20.0 Å². The van der Waals surface area contributed by atoms with E-state index in [1.54, 1.807) is 18.2 Å². The van der Waals surface area contributed by atoms with Crippen molar-refractivity contribution in [2.75, 3.05) is 38.5 Å². The SMILES string of the molecule is CC(C)C(C#N)N1CCN(S(=O)(=O)CCNS(=O)(=O)c2ccccc2)CC1. The van der Waals surface area contributed by atoms with Crippen molar-refractivity contribution in [3.8, 4) is 6.07 Å². The van der Waals surface area contributed by atoms with Gasteiger partial charge in [0.15, 0.2) is 0 Å². The first-order valence-corrected chi connectivity index (χ1v) is 11.9. The van der Waals surface area contributed by atoms with Gasteiger partial charge >= 0.3 is 0 Å². The van der Waals surface area contributed by atoms with Crippen LogP contribution in [0, 0.1) is 17.2 Å². The fraction of sp³-hybridized carbons (Fsp3) is 0.588. The first-order valence-electron chi connectivity index (χ1n) is 8.83. The molecule has 27 heavy (non-hydrogen) atoms. The average molecular weight is 415 g/mol. The topological polar surface area (TPSA) is 111 Å². The van der Waals surface area contributed by atoms with E-state index in [0.717, 1.165) is 0 Å². The first kappa shape index (κ1) is 21.8. The molecule has 1 aromatic carbocycles. The molecule has 1 atom stereocenters. The molecule has 1 unspecified atom stereocenters. The van der Waals surface area contributed by atoms with Gasteiger partial charge in [-0.2, -0.15) is 9.57 Å². The Hall–Kier alpha value is -1.51. The van der Waals surface area contributed by atoms with E-state index in [1.807, 2.05) is 18.7 Å². The van der Waals surface area contributed by atoms with Gasteiger partial charge in [-0.15, -0.1) is 0 Å². The molecule has 8 nitrogen and oxygen atoms in total. The number of rotatable bonds is 8. The molecule has 1 saturated heterocycles. The highest BCUT2D eigenvalue weighted by Crippen LogP contribution is 2.15. The maximum atomic E-state index is 12.5. The van der Waals surface area contributed by atoms with Gasteiger partial charge in [0, 0.05) is 32.7 Å². The van der Waals surface area contributed by atoms with E-state index in [9.17, 15) is 22.1 Å². The molecule has 0 aromatic heterocycles. The zero-order chi connectivity index (χ0) is 20.1. The molecular formula is C17H26N4O4S2. The third kappa shape index (κ3) is 5.73. The average Bonchev–Trinajstić information content (AvgIpc) is 2.63. The van der Waals surface area contributed by atoms with E-state index in [-0.39, 0.29) is 29.2 Å². The van der Waals surface area contributed by atoms with Crippen LogP contribution in [0.4, 0.5) is 0 Å². The maximum absolute atomic E-state index is 12.5. The molecule has 0 radical (unpaired) electrons. The Balaban J connectivity index is 1.88. The summed E-state index contributed by atoms with van der Waals surface area (Å²) in [7, 11) is -7.29. The van der Waals surface area contributed by atoms with E-state index in [0.29, 0.717) is 26.2 Å². The van der Waals surface area contributed by atoms with Crippen LogP contribution >= 0.6 is 0 Å². The number of nitrogens with zero attached hydrogens (tertiary/aromatic N) is 3. The van der Waals surface area contributed by atoms with Crippen LogP contribution in [-0.4, -0.2) is 70.6 Å². The largest absolute Gasteiger partial charge is 0.285 e. The summed E-state index contributed by atoms with van der Waals surface area (Å²) in [6, 6.07) is 9.88. The van der Waals surface area contributed by atoms with Crippen LogP contribution in [0.5, 0.6) is 0 Å². The summed E-state index contributed by atoms with van der Waals surface area (Å²) in [5.74, 6) is -0.129. The summed E-state index contributed by atoms with van der Waals surface area (Å²) < 4.78 is 53.0. The van der Waals surface area contributed by atoms with Crippen molar-refractivity contribution in [3.63, 3.8) is 0 Å². The van der Waals surface area contributed by atoms with Gasteiger partial charge in [-0.25, -0.2) is 21.6 Å². The lowest BCUT2D eigenvalue weighted by molar-refractivity contribution is 0.138. The molecule has 1 aliphatic heterocycles. The molecule has 1 aromatic rings. The van der Waals surface area contributed by atoms with E-state index in [4.69, 9.17) is 0 Å². The van der Waals surface area contributed by atoms with Crippen LogP contribution < -0.4 is 4.72 Å². The predicted octanol–water partition coefficient (Wildman–Crippen LogP) is 0.460. The highest BCUT2D eigenvalue weighted by atomic mass is 32.2. The van der Waals surface area contributed by atoms with Gasteiger partial charge in [0.1, 0.15) is 6.04 Å². The molecule has 1 N–H and O–H groups in total. The zero-order valence-corrected chi connectivity index (χ0v) is 17.2. The summed E-state index contributed by atoms with van der Waals surface area (Å²) in [6.07, 6.45) is 0. The summed E-state index contributed by atoms with van der Waals surface area (Å²) in [5.41, 5.74) is 0. The number of sulfonamides is 2. The molecule has 0 aliphatic carbocycles. The minimum absolute atomic E-state index is 0.104. The normalized spacial score (nSPS) is 18.3. The van der Waals surface area contributed by atoms with Crippen molar-refractivity contribution in [1.29, 1.82) is 5.26 Å². The highest BCUT2D eigenvalue weighted by Gasteiger charge is 2.31. The van der Waals surface area contributed by atoms with Gasteiger partial charge in [0.2, 0.25) is 20.0 Å². The van der Waals surface area contributed by atoms with E-state index >= 15 is 0 Å². The number of nitrogens with one attached hydrogen (secondary N) is 1. The molecular weight excluding hydrogens is 388 g/mol. The molecule has 0 saturated carbocycles. The van der Waals surface area contributed by atoms with E-state index in [1.165, 1.54) is 16.4 Å². The van der Waals surface area contributed by atoms with Crippen LogP contribution in [0.25, 0.3) is 0 Å². The van der Waals surface area contributed by atoms with Crippen molar-refractivity contribution in [2.45, 2.75) is 24.8 Å². The zero-order valence-electron chi connectivity index (χ0n) is 15.6. The molecule has 1 fully saturated rings. The lowest BCUT2D eigenvalue weighted by Crippen LogP contribution is -2.53.